The molecule has 5 atom stereocenters. The third-order valence-electron chi connectivity index (χ3n) is 5.62. The second-order valence-electron chi connectivity index (χ2n) is 7.78. The van der Waals surface area contributed by atoms with Crippen LogP contribution in [-0.4, -0.2) is 97.7 Å². The van der Waals surface area contributed by atoms with Crippen molar-refractivity contribution in [2.24, 2.45) is 0 Å². The summed E-state index contributed by atoms with van der Waals surface area (Å²) in [5.41, 5.74) is -0.124. The molecule has 0 spiro atoms. The van der Waals surface area contributed by atoms with Gasteiger partial charge in [-0.1, -0.05) is 0 Å². The average Bonchev–Trinajstić information content (AvgIpc) is 2.91. The molecule has 1 aliphatic rings. The molecule has 2 aromatic carbocycles. The van der Waals surface area contributed by atoms with E-state index in [9.17, 15) is 30.0 Å². The van der Waals surface area contributed by atoms with Crippen molar-refractivity contribution in [3.05, 3.63) is 41.5 Å². The Kier molecular flexibility index (Phi) is 8.71. The Bertz CT molecular complexity index is 1080. The highest BCUT2D eigenvalue weighted by molar-refractivity contribution is 6.49. The first kappa shape index (κ1) is 27.2. The Morgan fingerprint density at radius 1 is 0.750 bits per heavy atom. The maximum atomic E-state index is 13.1. The van der Waals surface area contributed by atoms with Crippen LogP contribution >= 0.6 is 0 Å². The number of aliphatic hydroxyl groups excluding tert-OH is 4. The maximum absolute atomic E-state index is 13.1. The van der Waals surface area contributed by atoms with Crippen molar-refractivity contribution in [3.8, 4) is 28.7 Å². The van der Waals surface area contributed by atoms with Gasteiger partial charge in [0.25, 0.3) is 0 Å². The summed E-state index contributed by atoms with van der Waals surface area (Å²) in [5.74, 6) is -1.32. The Morgan fingerprint density at radius 2 is 1.31 bits per heavy atom. The normalized spacial score (nSPS) is 23.5. The van der Waals surface area contributed by atoms with Crippen LogP contribution in [0.1, 0.15) is 20.7 Å². The van der Waals surface area contributed by atoms with Crippen molar-refractivity contribution in [1.29, 1.82) is 0 Å². The largest absolute Gasteiger partial charge is 0.497 e. The molecular formula is C24H28O12. The molecule has 1 fully saturated rings. The summed E-state index contributed by atoms with van der Waals surface area (Å²) in [7, 11) is 5.41. The minimum Gasteiger partial charge on any atom is -0.497 e. The molecule has 12 nitrogen and oxygen atoms in total. The quantitative estimate of drug-likeness (QED) is 0.250. The molecule has 1 saturated heterocycles. The Balaban J connectivity index is 1.99. The van der Waals surface area contributed by atoms with E-state index in [1.807, 2.05) is 0 Å². The number of ketones is 2. The van der Waals surface area contributed by atoms with Crippen LogP contribution < -0.4 is 23.7 Å². The van der Waals surface area contributed by atoms with Crippen molar-refractivity contribution < 1.29 is 58.4 Å². The molecule has 0 amide bonds. The number of rotatable bonds is 10. The summed E-state index contributed by atoms with van der Waals surface area (Å²) in [4.78, 5) is 26.2. The van der Waals surface area contributed by atoms with Crippen LogP contribution in [0.2, 0.25) is 0 Å². The lowest BCUT2D eigenvalue weighted by atomic mass is 9.99. The molecule has 0 saturated carbocycles. The van der Waals surface area contributed by atoms with Gasteiger partial charge in [-0.25, -0.2) is 0 Å². The smallest absolute Gasteiger partial charge is 0.233 e. The zero-order valence-corrected chi connectivity index (χ0v) is 20.0. The second kappa shape index (κ2) is 11.5. The van der Waals surface area contributed by atoms with Gasteiger partial charge in [0, 0.05) is 17.2 Å². The first-order valence-electron chi connectivity index (χ1n) is 10.7. The van der Waals surface area contributed by atoms with E-state index in [4.69, 9.17) is 28.4 Å². The summed E-state index contributed by atoms with van der Waals surface area (Å²) in [6.45, 7) is -0.664. The van der Waals surface area contributed by atoms with Crippen molar-refractivity contribution in [1.82, 2.24) is 0 Å². The van der Waals surface area contributed by atoms with Crippen molar-refractivity contribution in [2.45, 2.75) is 30.7 Å². The zero-order valence-electron chi connectivity index (χ0n) is 20.0. The number of benzene rings is 2. The van der Waals surface area contributed by atoms with Gasteiger partial charge >= 0.3 is 0 Å². The number of ether oxygens (including phenoxy) is 6. The Hall–Kier alpha value is -3.42. The molecule has 1 aliphatic heterocycles. The van der Waals surface area contributed by atoms with Gasteiger partial charge in [0.1, 0.15) is 35.9 Å². The number of hydrogen-bond donors (Lipinski definition) is 4. The Morgan fingerprint density at radius 3 is 1.81 bits per heavy atom. The minimum absolute atomic E-state index is 0.00140. The molecule has 0 bridgehead atoms. The summed E-state index contributed by atoms with van der Waals surface area (Å²) in [5, 5.41) is 39.8. The first-order valence-corrected chi connectivity index (χ1v) is 10.7. The van der Waals surface area contributed by atoms with Crippen molar-refractivity contribution in [3.63, 3.8) is 0 Å². The lowest BCUT2D eigenvalue weighted by Gasteiger charge is -2.39. The third kappa shape index (κ3) is 5.37. The van der Waals surface area contributed by atoms with E-state index in [-0.39, 0.29) is 28.4 Å². The van der Waals surface area contributed by atoms with Crippen LogP contribution in [0.4, 0.5) is 0 Å². The standard InChI is InChI=1S/C24H28O12/c1-31-13-5-11(6-14(9-13)32-2)18(26)19(27)12-7-15(33-3)23(34-4)16(8-12)35-24-22(30)21(29)20(28)17(10-25)36-24/h5-9,17,20-22,24-25,28-30H,10H2,1-4H3/t17-,20-,21+,22-,24-/m1/s1. The fraction of sp³-hybridized carbons (Fsp3) is 0.417. The molecule has 1 heterocycles. The molecule has 4 N–H and O–H groups in total. The molecule has 0 unspecified atom stereocenters. The predicted molar refractivity (Wildman–Crippen MR) is 122 cm³/mol. The van der Waals surface area contributed by atoms with Crippen LogP contribution in [0.3, 0.4) is 0 Å². The van der Waals surface area contributed by atoms with Crippen LogP contribution in [0, 0.1) is 0 Å². The fourth-order valence-electron chi connectivity index (χ4n) is 3.64. The molecule has 0 aliphatic carbocycles. The van der Waals surface area contributed by atoms with Gasteiger partial charge in [-0.3, -0.25) is 9.59 Å². The van der Waals surface area contributed by atoms with Crippen LogP contribution in [-0.2, 0) is 4.74 Å². The average molecular weight is 508 g/mol. The van der Waals surface area contributed by atoms with E-state index < -0.39 is 48.9 Å². The van der Waals surface area contributed by atoms with Gasteiger partial charge in [-0.05, 0) is 24.3 Å². The van der Waals surface area contributed by atoms with E-state index in [2.05, 4.69) is 0 Å². The van der Waals surface area contributed by atoms with Gasteiger partial charge < -0.3 is 48.8 Å². The topological polar surface area (TPSA) is 170 Å². The number of carbonyl (C=O) groups excluding carboxylic acids is 2. The molecule has 196 valence electrons. The van der Waals surface area contributed by atoms with Crippen LogP contribution in [0.15, 0.2) is 30.3 Å². The van der Waals surface area contributed by atoms with Crippen LogP contribution in [0.5, 0.6) is 28.7 Å². The number of Topliss-reactive ketones (excluding diaryl/α,β-unsaturated/α-hetero) is 2. The maximum Gasteiger partial charge on any atom is 0.233 e. The number of hydrogen-bond acceptors (Lipinski definition) is 12. The lowest BCUT2D eigenvalue weighted by Crippen LogP contribution is -2.60. The van der Waals surface area contributed by atoms with Crippen LogP contribution in [0.25, 0.3) is 0 Å². The summed E-state index contributed by atoms with van der Waals surface area (Å²) in [6, 6.07) is 6.77. The first-order chi connectivity index (χ1) is 17.2. The molecule has 3 rings (SSSR count). The molecule has 2 aromatic rings. The van der Waals surface area contributed by atoms with E-state index in [0.29, 0.717) is 11.5 Å². The van der Waals surface area contributed by atoms with E-state index in [0.717, 1.165) is 0 Å². The molecule has 12 heteroatoms. The van der Waals surface area contributed by atoms with E-state index >= 15 is 0 Å². The predicted octanol–water partition coefficient (Wildman–Crippen LogP) is -0.0347. The minimum atomic E-state index is -1.72. The number of aliphatic hydroxyl groups is 4. The number of methoxy groups -OCH3 is 4. The highest BCUT2D eigenvalue weighted by Crippen LogP contribution is 2.40. The Labute approximate surface area is 206 Å². The highest BCUT2D eigenvalue weighted by atomic mass is 16.7. The van der Waals surface area contributed by atoms with Crippen molar-refractivity contribution >= 4 is 11.6 Å². The van der Waals surface area contributed by atoms with E-state index in [1.54, 1.807) is 6.07 Å². The fourth-order valence-corrected chi connectivity index (χ4v) is 3.64. The van der Waals surface area contributed by atoms with Gasteiger partial charge in [0.05, 0.1) is 35.0 Å². The van der Waals surface area contributed by atoms with Gasteiger partial charge in [-0.15, -0.1) is 0 Å². The summed E-state index contributed by atoms with van der Waals surface area (Å²) < 4.78 is 31.9. The monoisotopic (exact) mass is 508 g/mol. The number of carbonyl (C=O) groups is 2. The second-order valence-corrected chi connectivity index (χ2v) is 7.78. The molecule has 36 heavy (non-hydrogen) atoms. The summed E-state index contributed by atoms with van der Waals surface area (Å²) >= 11 is 0. The molecule has 0 aromatic heterocycles. The SMILES string of the molecule is COc1cc(OC)cc(C(=O)C(=O)c2cc(OC)c(OC)c(O[C@@H]3O[C@H](CO)[C@@H](O)[C@H](O)[C@H]3O)c2)c1. The lowest BCUT2D eigenvalue weighted by molar-refractivity contribution is -0.277. The summed E-state index contributed by atoms with van der Waals surface area (Å²) in [6.07, 6.45) is -7.79. The van der Waals surface area contributed by atoms with Crippen molar-refractivity contribution in [2.75, 3.05) is 35.0 Å². The molecule has 0 radical (unpaired) electrons. The van der Waals surface area contributed by atoms with Gasteiger partial charge in [-0.2, -0.15) is 0 Å². The van der Waals surface area contributed by atoms with Gasteiger partial charge in [0.15, 0.2) is 11.5 Å². The van der Waals surface area contributed by atoms with E-state index in [1.165, 1.54) is 52.7 Å². The molecular weight excluding hydrogens is 480 g/mol. The zero-order chi connectivity index (χ0) is 26.6. The van der Waals surface area contributed by atoms with Gasteiger partial charge in [0.2, 0.25) is 23.6 Å². The highest BCUT2D eigenvalue weighted by Gasteiger charge is 2.45. The third-order valence-corrected chi connectivity index (χ3v) is 5.62.